The lowest BCUT2D eigenvalue weighted by atomic mass is 10.3. The van der Waals surface area contributed by atoms with E-state index in [9.17, 15) is 9.59 Å². The quantitative estimate of drug-likeness (QED) is 0.300. The van der Waals surface area contributed by atoms with Crippen molar-refractivity contribution < 1.29 is 33.3 Å². The van der Waals surface area contributed by atoms with Crippen LogP contribution in [-0.2, 0) is 33.3 Å². The first-order valence-electron chi connectivity index (χ1n) is 6.63. The minimum absolute atomic E-state index is 0.205. The van der Waals surface area contributed by atoms with Crippen LogP contribution in [0.15, 0.2) is 0 Å². The van der Waals surface area contributed by atoms with Gasteiger partial charge in [0, 0.05) is 20.5 Å². The van der Waals surface area contributed by atoms with E-state index in [0.29, 0.717) is 32.7 Å². The molecule has 0 N–H and O–H groups in total. The summed E-state index contributed by atoms with van der Waals surface area (Å²) in [5.74, 6) is -0.973. The summed E-state index contributed by atoms with van der Waals surface area (Å²) < 4.78 is 24.7. The highest BCUT2D eigenvalue weighted by Gasteiger charge is 2.13. The van der Waals surface area contributed by atoms with E-state index in [2.05, 4.69) is 0 Å². The third kappa shape index (κ3) is 11.9. The van der Waals surface area contributed by atoms with Gasteiger partial charge in [-0.05, 0) is 6.42 Å². The van der Waals surface area contributed by atoms with Crippen molar-refractivity contribution in [1.29, 1.82) is 0 Å². The monoisotopic (exact) mass is 292 g/mol. The highest BCUT2D eigenvalue weighted by molar-refractivity contribution is 5.72. The lowest BCUT2D eigenvalue weighted by Gasteiger charge is -2.13. The zero-order chi connectivity index (χ0) is 15.2. The van der Waals surface area contributed by atoms with E-state index in [-0.39, 0.29) is 19.2 Å². The third-order valence-corrected chi connectivity index (χ3v) is 2.07. The van der Waals surface area contributed by atoms with Crippen LogP contribution in [0.25, 0.3) is 0 Å². The van der Waals surface area contributed by atoms with Crippen LogP contribution in [0.5, 0.6) is 0 Å². The number of rotatable bonds is 12. The summed E-state index contributed by atoms with van der Waals surface area (Å²) in [6.45, 7) is 4.79. The Morgan fingerprint density at radius 2 is 1.55 bits per heavy atom. The number of esters is 2. The van der Waals surface area contributed by atoms with E-state index in [1.54, 1.807) is 7.11 Å². The summed E-state index contributed by atoms with van der Waals surface area (Å²) in [5, 5.41) is 0. The van der Waals surface area contributed by atoms with Crippen molar-refractivity contribution in [2.45, 2.75) is 33.0 Å². The highest BCUT2D eigenvalue weighted by atomic mass is 16.7. The van der Waals surface area contributed by atoms with Crippen molar-refractivity contribution in [3.05, 3.63) is 0 Å². The minimum atomic E-state index is -0.900. The summed E-state index contributed by atoms with van der Waals surface area (Å²) in [7, 11) is 1.59. The molecule has 0 rings (SSSR count). The third-order valence-electron chi connectivity index (χ3n) is 2.07. The van der Waals surface area contributed by atoms with Crippen molar-refractivity contribution in [3.8, 4) is 0 Å². The lowest BCUT2D eigenvalue weighted by molar-refractivity contribution is -0.187. The molecule has 0 radical (unpaired) electrons. The normalized spacial score (nSPS) is 11.9. The Kier molecular flexibility index (Phi) is 12.1. The first-order valence-corrected chi connectivity index (χ1v) is 6.63. The smallest absolute Gasteiger partial charge is 0.335 e. The largest absolute Gasteiger partial charge is 0.425 e. The molecule has 0 aromatic carbocycles. The van der Waals surface area contributed by atoms with Gasteiger partial charge in [-0.25, -0.2) is 4.79 Å². The first kappa shape index (κ1) is 18.8. The van der Waals surface area contributed by atoms with Crippen LogP contribution in [0.2, 0.25) is 0 Å². The van der Waals surface area contributed by atoms with Crippen LogP contribution < -0.4 is 0 Å². The van der Waals surface area contributed by atoms with Crippen LogP contribution in [0, 0.1) is 0 Å². The molecule has 0 amide bonds. The maximum atomic E-state index is 11.3. The summed E-state index contributed by atoms with van der Waals surface area (Å²) >= 11 is 0. The number of ether oxygens (including phenoxy) is 5. The van der Waals surface area contributed by atoms with Crippen molar-refractivity contribution >= 4 is 11.9 Å². The van der Waals surface area contributed by atoms with Crippen LogP contribution in [0.3, 0.4) is 0 Å². The number of hydrogen-bond acceptors (Lipinski definition) is 7. The van der Waals surface area contributed by atoms with Gasteiger partial charge in [0.1, 0.15) is 6.61 Å². The van der Waals surface area contributed by atoms with Crippen molar-refractivity contribution in [1.82, 2.24) is 0 Å². The molecule has 20 heavy (non-hydrogen) atoms. The molecule has 0 saturated carbocycles. The van der Waals surface area contributed by atoms with E-state index in [1.165, 1.54) is 6.92 Å². The molecule has 118 valence electrons. The summed E-state index contributed by atoms with van der Waals surface area (Å²) in [6.07, 6.45) is 0.0891. The van der Waals surface area contributed by atoms with E-state index < -0.39 is 12.3 Å². The molecule has 0 fully saturated rings. The maximum absolute atomic E-state index is 11.3. The van der Waals surface area contributed by atoms with Gasteiger partial charge < -0.3 is 23.7 Å². The molecule has 1 unspecified atom stereocenters. The molecular formula is C13H24O7. The molecule has 0 aliphatic rings. The maximum Gasteiger partial charge on any atom is 0.335 e. The Balaban J connectivity index is 3.50. The van der Waals surface area contributed by atoms with E-state index in [0.717, 1.165) is 0 Å². The van der Waals surface area contributed by atoms with E-state index in [1.807, 2.05) is 6.92 Å². The average molecular weight is 292 g/mol. The van der Waals surface area contributed by atoms with Gasteiger partial charge in [-0.2, -0.15) is 0 Å². The molecule has 7 nitrogen and oxygen atoms in total. The highest BCUT2D eigenvalue weighted by Crippen LogP contribution is 1.99. The summed E-state index contributed by atoms with van der Waals surface area (Å²) in [4.78, 5) is 22.5. The molecular weight excluding hydrogens is 268 g/mol. The second-order valence-electron chi connectivity index (χ2n) is 3.96. The van der Waals surface area contributed by atoms with Crippen molar-refractivity contribution in [2.24, 2.45) is 0 Å². The van der Waals surface area contributed by atoms with E-state index >= 15 is 0 Å². The van der Waals surface area contributed by atoms with Gasteiger partial charge in [0.05, 0.1) is 26.4 Å². The van der Waals surface area contributed by atoms with Gasteiger partial charge in [-0.1, -0.05) is 6.92 Å². The number of hydrogen-bond donors (Lipinski definition) is 0. The Morgan fingerprint density at radius 1 is 0.950 bits per heavy atom. The Labute approximate surface area is 119 Å². The van der Waals surface area contributed by atoms with Gasteiger partial charge in [0.2, 0.25) is 6.29 Å². The molecule has 0 bridgehead atoms. The predicted molar refractivity (Wildman–Crippen MR) is 70.1 cm³/mol. The SMILES string of the molecule is CCCC(=O)OC(C)OC(=O)COCCOCCOC. The number of carbonyl (C=O) groups excluding carboxylic acids is 2. The topological polar surface area (TPSA) is 80.3 Å². The van der Waals surface area contributed by atoms with Gasteiger partial charge in [0.25, 0.3) is 0 Å². The van der Waals surface area contributed by atoms with Gasteiger partial charge >= 0.3 is 11.9 Å². The number of carbonyl (C=O) groups is 2. The Hall–Kier alpha value is -1.18. The molecule has 0 aromatic rings. The average Bonchev–Trinajstić information content (AvgIpc) is 2.37. The van der Waals surface area contributed by atoms with Crippen LogP contribution in [-0.4, -0.2) is 58.4 Å². The zero-order valence-electron chi connectivity index (χ0n) is 12.4. The van der Waals surface area contributed by atoms with Crippen molar-refractivity contribution in [2.75, 3.05) is 40.1 Å². The second-order valence-corrected chi connectivity index (χ2v) is 3.96. The fourth-order valence-electron chi connectivity index (χ4n) is 1.21. The molecule has 7 heteroatoms. The molecule has 0 heterocycles. The molecule has 0 saturated heterocycles. The predicted octanol–water partition coefficient (Wildman–Crippen LogP) is 0.898. The van der Waals surface area contributed by atoms with E-state index in [4.69, 9.17) is 23.7 Å². The standard InChI is InChI=1S/C13H24O7/c1-4-5-12(14)19-11(2)20-13(15)10-18-9-8-17-7-6-16-3/h11H,4-10H2,1-3H3. The van der Waals surface area contributed by atoms with Gasteiger partial charge in [0.15, 0.2) is 0 Å². The Morgan fingerprint density at radius 3 is 2.20 bits per heavy atom. The van der Waals surface area contributed by atoms with Crippen LogP contribution >= 0.6 is 0 Å². The second kappa shape index (κ2) is 12.8. The fraction of sp³-hybridized carbons (Fsp3) is 0.846. The van der Waals surface area contributed by atoms with Crippen LogP contribution in [0.4, 0.5) is 0 Å². The molecule has 0 aliphatic heterocycles. The lowest BCUT2D eigenvalue weighted by Crippen LogP contribution is -2.24. The minimum Gasteiger partial charge on any atom is -0.425 e. The fourth-order valence-corrected chi connectivity index (χ4v) is 1.21. The zero-order valence-corrected chi connectivity index (χ0v) is 12.4. The van der Waals surface area contributed by atoms with Gasteiger partial charge in [-0.15, -0.1) is 0 Å². The molecule has 0 spiro atoms. The van der Waals surface area contributed by atoms with Crippen LogP contribution in [0.1, 0.15) is 26.7 Å². The summed E-state index contributed by atoms with van der Waals surface area (Å²) in [6, 6.07) is 0. The molecule has 0 aliphatic carbocycles. The molecule has 0 aromatic heterocycles. The Bertz CT molecular complexity index is 267. The first-order chi connectivity index (χ1) is 9.60. The number of methoxy groups -OCH3 is 1. The van der Waals surface area contributed by atoms with Crippen molar-refractivity contribution in [3.63, 3.8) is 0 Å². The summed E-state index contributed by atoms with van der Waals surface area (Å²) in [5.41, 5.74) is 0. The molecule has 1 atom stereocenters. The van der Waals surface area contributed by atoms with Gasteiger partial charge in [-0.3, -0.25) is 4.79 Å².